The van der Waals surface area contributed by atoms with Crippen molar-refractivity contribution >= 4 is 17.7 Å². The summed E-state index contributed by atoms with van der Waals surface area (Å²) >= 11 is 1.65. The average molecular weight is 306 g/mol. The zero-order chi connectivity index (χ0) is 15.2. The molecule has 1 N–H and O–H groups in total. The molecule has 1 aromatic heterocycles. The van der Waals surface area contributed by atoms with Gasteiger partial charge in [-0.3, -0.25) is 4.79 Å². The number of carboxylic acids is 1. The van der Waals surface area contributed by atoms with Gasteiger partial charge in [0.25, 0.3) is 0 Å². The summed E-state index contributed by atoms with van der Waals surface area (Å²) in [4.78, 5) is 16.1. The second-order valence-electron chi connectivity index (χ2n) is 5.11. The minimum atomic E-state index is -0.808. The Hall–Kier alpha value is -1.82. The molecule has 0 radical (unpaired) electrons. The fourth-order valence-corrected chi connectivity index (χ4v) is 2.62. The summed E-state index contributed by atoms with van der Waals surface area (Å²) in [6.45, 7) is 3.91. The predicted molar refractivity (Wildman–Crippen MR) is 80.2 cm³/mol. The molecule has 112 valence electrons. The number of hydrogen-bond acceptors (Lipinski definition) is 5. The van der Waals surface area contributed by atoms with E-state index in [1.807, 2.05) is 6.92 Å². The molecule has 0 bridgehead atoms. The molecule has 1 heterocycles. The number of aryl methyl sites for hydroxylation is 1. The monoisotopic (exact) mass is 306 g/mol. The Morgan fingerprint density at radius 3 is 2.76 bits per heavy atom. The number of aliphatic carboxylic acids is 1. The van der Waals surface area contributed by atoms with Crippen molar-refractivity contribution in [3.05, 3.63) is 41.5 Å². The second-order valence-corrected chi connectivity index (χ2v) is 6.16. The summed E-state index contributed by atoms with van der Waals surface area (Å²) in [5, 5.41) is 12.7. The van der Waals surface area contributed by atoms with E-state index in [9.17, 15) is 4.79 Å². The van der Waals surface area contributed by atoms with Crippen LogP contribution in [0.1, 0.15) is 30.6 Å². The first-order chi connectivity index (χ1) is 10.0. The van der Waals surface area contributed by atoms with Crippen LogP contribution in [-0.2, 0) is 17.0 Å². The van der Waals surface area contributed by atoms with E-state index < -0.39 is 5.97 Å². The molecule has 21 heavy (non-hydrogen) atoms. The number of rotatable bonds is 7. The summed E-state index contributed by atoms with van der Waals surface area (Å²) in [6, 6.07) is 8.26. The van der Waals surface area contributed by atoms with Gasteiger partial charge in [0.05, 0.1) is 5.75 Å². The summed E-state index contributed by atoms with van der Waals surface area (Å²) in [6.07, 6.45) is 0.602. The molecule has 6 heteroatoms. The topological polar surface area (TPSA) is 76.2 Å². The molecule has 1 aromatic carbocycles. The maximum atomic E-state index is 10.6. The molecular formula is C15H18N2O3S. The Balaban J connectivity index is 1.85. The highest BCUT2D eigenvalue weighted by Gasteiger charge is 2.13. The minimum absolute atomic E-state index is 0.0134. The van der Waals surface area contributed by atoms with Gasteiger partial charge in [0.1, 0.15) is 0 Å². The van der Waals surface area contributed by atoms with Gasteiger partial charge in [0.15, 0.2) is 5.82 Å². The molecule has 2 aromatic rings. The van der Waals surface area contributed by atoms with Gasteiger partial charge in [-0.1, -0.05) is 29.8 Å². The van der Waals surface area contributed by atoms with Gasteiger partial charge in [-0.05, 0) is 25.0 Å². The van der Waals surface area contributed by atoms with Gasteiger partial charge in [-0.25, -0.2) is 0 Å². The third kappa shape index (κ3) is 5.23. The first-order valence-corrected chi connectivity index (χ1v) is 7.74. The molecule has 2 rings (SSSR count). The van der Waals surface area contributed by atoms with E-state index in [1.54, 1.807) is 11.8 Å². The van der Waals surface area contributed by atoms with Crippen molar-refractivity contribution in [1.29, 1.82) is 0 Å². The number of nitrogens with zero attached hydrogens (tertiary/aromatic N) is 2. The van der Waals surface area contributed by atoms with Crippen LogP contribution in [0.5, 0.6) is 0 Å². The van der Waals surface area contributed by atoms with Crippen molar-refractivity contribution in [2.75, 3.05) is 0 Å². The largest absolute Gasteiger partial charge is 0.481 e. The first kappa shape index (κ1) is 15.6. The van der Waals surface area contributed by atoms with Crippen LogP contribution in [0, 0.1) is 12.8 Å². The van der Waals surface area contributed by atoms with E-state index in [2.05, 4.69) is 41.3 Å². The minimum Gasteiger partial charge on any atom is -0.481 e. The first-order valence-electron chi connectivity index (χ1n) is 6.75. The van der Waals surface area contributed by atoms with Crippen molar-refractivity contribution in [1.82, 2.24) is 10.1 Å². The molecule has 1 atom stereocenters. The van der Waals surface area contributed by atoms with E-state index in [-0.39, 0.29) is 12.3 Å². The van der Waals surface area contributed by atoms with Crippen molar-refractivity contribution in [3.63, 3.8) is 0 Å². The third-order valence-corrected chi connectivity index (χ3v) is 3.95. The number of benzene rings is 1. The normalized spacial score (nSPS) is 12.3. The molecule has 0 saturated carbocycles. The van der Waals surface area contributed by atoms with Crippen molar-refractivity contribution < 1.29 is 14.4 Å². The molecule has 0 aliphatic carbocycles. The third-order valence-electron chi connectivity index (χ3n) is 2.95. The SMILES string of the molecule is Cc1ccc(SCc2noc(CC(C)CC(=O)O)n2)cc1. The van der Waals surface area contributed by atoms with Crippen LogP contribution in [0.4, 0.5) is 0 Å². The molecule has 0 spiro atoms. The average Bonchev–Trinajstić information content (AvgIpc) is 2.84. The van der Waals surface area contributed by atoms with E-state index in [0.29, 0.717) is 23.9 Å². The van der Waals surface area contributed by atoms with Crippen LogP contribution in [0.2, 0.25) is 0 Å². The summed E-state index contributed by atoms with van der Waals surface area (Å²) < 4.78 is 5.16. The zero-order valence-electron chi connectivity index (χ0n) is 12.1. The molecule has 0 aliphatic rings. The van der Waals surface area contributed by atoms with E-state index in [1.165, 1.54) is 5.56 Å². The van der Waals surface area contributed by atoms with Gasteiger partial charge in [-0.15, -0.1) is 11.8 Å². The van der Waals surface area contributed by atoms with E-state index >= 15 is 0 Å². The van der Waals surface area contributed by atoms with Gasteiger partial charge in [0.2, 0.25) is 5.89 Å². The lowest BCUT2D eigenvalue weighted by molar-refractivity contribution is -0.137. The van der Waals surface area contributed by atoms with Crippen LogP contribution >= 0.6 is 11.8 Å². The Morgan fingerprint density at radius 1 is 1.38 bits per heavy atom. The molecule has 1 unspecified atom stereocenters. The van der Waals surface area contributed by atoms with Crippen LogP contribution < -0.4 is 0 Å². The van der Waals surface area contributed by atoms with Crippen molar-refractivity contribution in [2.24, 2.45) is 5.92 Å². The fourth-order valence-electron chi connectivity index (χ4n) is 1.88. The Morgan fingerprint density at radius 2 is 2.10 bits per heavy atom. The highest BCUT2D eigenvalue weighted by Crippen LogP contribution is 2.22. The lowest BCUT2D eigenvalue weighted by Crippen LogP contribution is -2.07. The molecule has 0 saturated heterocycles. The number of carbonyl (C=O) groups is 1. The molecule has 0 aliphatic heterocycles. The lowest BCUT2D eigenvalue weighted by Gasteiger charge is -2.03. The highest BCUT2D eigenvalue weighted by atomic mass is 32.2. The molecule has 0 fully saturated rings. The number of hydrogen-bond donors (Lipinski definition) is 1. The standard InChI is InChI=1S/C15H18N2O3S/c1-10-3-5-12(6-4-10)21-9-13-16-14(20-17-13)7-11(2)8-15(18)19/h3-6,11H,7-9H2,1-2H3,(H,18,19). The van der Waals surface area contributed by atoms with Crippen molar-refractivity contribution in [2.45, 2.75) is 37.3 Å². The Bertz CT molecular complexity index is 595. The van der Waals surface area contributed by atoms with Crippen LogP contribution in [0.25, 0.3) is 0 Å². The van der Waals surface area contributed by atoms with Crippen molar-refractivity contribution in [3.8, 4) is 0 Å². The van der Waals surface area contributed by atoms with Gasteiger partial charge in [0, 0.05) is 17.7 Å². The zero-order valence-corrected chi connectivity index (χ0v) is 12.9. The number of carboxylic acid groups (broad SMARTS) is 1. The lowest BCUT2D eigenvalue weighted by atomic mass is 10.0. The van der Waals surface area contributed by atoms with E-state index in [0.717, 1.165) is 4.90 Å². The van der Waals surface area contributed by atoms with Crippen LogP contribution in [0.15, 0.2) is 33.7 Å². The Labute approximate surface area is 127 Å². The smallest absolute Gasteiger partial charge is 0.303 e. The van der Waals surface area contributed by atoms with Gasteiger partial charge in [-0.2, -0.15) is 4.98 Å². The summed E-state index contributed by atoms with van der Waals surface area (Å²) in [5.74, 6) is 0.957. The van der Waals surface area contributed by atoms with E-state index in [4.69, 9.17) is 9.63 Å². The fraction of sp³-hybridized carbons (Fsp3) is 0.400. The Kier molecular flexibility index (Phi) is 5.38. The summed E-state index contributed by atoms with van der Waals surface area (Å²) in [7, 11) is 0. The maximum absolute atomic E-state index is 10.6. The number of aromatic nitrogens is 2. The molecule has 5 nitrogen and oxygen atoms in total. The molecule has 0 amide bonds. The quantitative estimate of drug-likeness (QED) is 0.791. The van der Waals surface area contributed by atoms with Gasteiger partial charge < -0.3 is 9.63 Å². The van der Waals surface area contributed by atoms with Crippen LogP contribution in [-0.4, -0.2) is 21.2 Å². The van der Waals surface area contributed by atoms with Crippen LogP contribution in [0.3, 0.4) is 0 Å². The number of thioether (sulfide) groups is 1. The summed E-state index contributed by atoms with van der Waals surface area (Å²) in [5.41, 5.74) is 1.23. The maximum Gasteiger partial charge on any atom is 0.303 e. The molecular weight excluding hydrogens is 288 g/mol. The highest BCUT2D eigenvalue weighted by molar-refractivity contribution is 7.98. The predicted octanol–water partition coefficient (Wildman–Crippen LogP) is 3.32. The van der Waals surface area contributed by atoms with Gasteiger partial charge >= 0.3 is 5.97 Å². The second kappa shape index (κ2) is 7.26.